The molecule has 0 spiro atoms. The smallest absolute Gasteiger partial charge is 0.232 e. The zero-order chi connectivity index (χ0) is 14.9. The fourth-order valence-electron chi connectivity index (χ4n) is 2.58. The molecule has 6 heteroatoms. The average Bonchev–Trinajstić information content (AvgIpc) is 2.98. The molecule has 0 bridgehead atoms. The highest BCUT2D eigenvalue weighted by molar-refractivity contribution is 9.10. The summed E-state index contributed by atoms with van der Waals surface area (Å²) in [5, 5.41) is 7.49. The fourth-order valence-corrected chi connectivity index (χ4v) is 3.12. The predicted molar refractivity (Wildman–Crippen MR) is 83.4 cm³/mol. The van der Waals surface area contributed by atoms with Gasteiger partial charge in [0.15, 0.2) is 0 Å². The number of aromatic nitrogens is 2. The molecule has 1 aromatic carbocycles. The first kappa shape index (κ1) is 14.5. The lowest BCUT2D eigenvalue weighted by Gasteiger charge is -2.30. The number of methoxy groups -OCH3 is 1. The van der Waals surface area contributed by atoms with Gasteiger partial charge in [-0.15, -0.1) is 0 Å². The van der Waals surface area contributed by atoms with Crippen molar-refractivity contribution in [3.8, 4) is 17.1 Å². The highest BCUT2D eigenvalue weighted by Gasteiger charge is 2.34. The maximum atomic E-state index is 5.52. The van der Waals surface area contributed by atoms with Crippen LogP contribution in [-0.2, 0) is 5.41 Å². The molecule has 1 fully saturated rings. The van der Waals surface area contributed by atoms with Crippen molar-refractivity contribution in [3.63, 3.8) is 0 Å². The van der Waals surface area contributed by atoms with Crippen LogP contribution in [0.2, 0.25) is 0 Å². The molecule has 3 rings (SSSR count). The van der Waals surface area contributed by atoms with Gasteiger partial charge in [0.05, 0.1) is 11.6 Å². The molecule has 0 unspecified atom stereocenters. The van der Waals surface area contributed by atoms with Gasteiger partial charge in [0.2, 0.25) is 11.7 Å². The van der Waals surface area contributed by atoms with Gasteiger partial charge in [0, 0.05) is 11.0 Å². The summed E-state index contributed by atoms with van der Waals surface area (Å²) in [5.74, 6) is 2.13. The summed E-state index contributed by atoms with van der Waals surface area (Å²) in [6, 6.07) is 5.77. The number of nitrogens with one attached hydrogen (secondary N) is 1. The number of piperidine rings is 1. The van der Waals surface area contributed by atoms with Crippen LogP contribution >= 0.6 is 15.9 Å². The van der Waals surface area contributed by atoms with Crippen LogP contribution in [0.4, 0.5) is 0 Å². The third-order valence-electron chi connectivity index (χ3n) is 4.06. The Kier molecular flexibility index (Phi) is 3.99. The van der Waals surface area contributed by atoms with E-state index in [1.165, 1.54) is 0 Å². The number of rotatable bonds is 3. The Bertz CT molecular complexity index is 636. The summed E-state index contributed by atoms with van der Waals surface area (Å²) in [4.78, 5) is 4.61. The predicted octanol–water partition coefficient (Wildman–Crippen LogP) is 3.15. The maximum Gasteiger partial charge on any atom is 0.232 e. The van der Waals surface area contributed by atoms with Gasteiger partial charge in [-0.05, 0) is 60.1 Å². The van der Waals surface area contributed by atoms with E-state index in [9.17, 15) is 0 Å². The summed E-state index contributed by atoms with van der Waals surface area (Å²) in [6.07, 6.45) is 2.03. The largest absolute Gasteiger partial charge is 0.496 e. The number of hydrogen-bond acceptors (Lipinski definition) is 5. The molecule has 2 heterocycles. The fraction of sp³-hybridized carbons (Fsp3) is 0.467. The monoisotopic (exact) mass is 351 g/mol. The first-order valence-electron chi connectivity index (χ1n) is 7.01. The molecular formula is C15H18BrN3O2. The second-order valence-corrected chi connectivity index (χ2v) is 6.44. The second-order valence-electron chi connectivity index (χ2n) is 5.58. The van der Waals surface area contributed by atoms with Crippen LogP contribution in [0.1, 0.15) is 25.7 Å². The van der Waals surface area contributed by atoms with Crippen LogP contribution in [0.15, 0.2) is 27.2 Å². The first-order valence-corrected chi connectivity index (χ1v) is 7.80. The zero-order valence-corrected chi connectivity index (χ0v) is 13.7. The molecule has 1 aliphatic heterocycles. The Morgan fingerprint density at radius 2 is 2.10 bits per heavy atom. The summed E-state index contributed by atoms with van der Waals surface area (Å²) in [6.45, 7) is 4.17. The Hall–Kier alpha value is -1.40. The summed E-state index contributed by atoms with van der Waals surface area (Å²) >= 11 is 3.48. The van der Waals surface area contributed by atoms with Crippen molar-refractivity contribution in [1.82, 2.24) is 15.5 Å². The number of nitrogens with zero attached hydrogens (tertiary/aromatic N) is 2. The standard InChI is InChI=1S/C15H18BrN3O2/c1-15(5-7-17-8-6-15)14-18-13(19-21-14)10-3-4-12(20-2)11(16)9-10/h3-4,9,17H,5-8H2,1-2H3. The minimum absolute atomic E-state index is 0.0276. The number of halogens is 1. The molecule has 5 nitrogen and oxygen atoms in total. The van der Waals surface area contributed by atoms with Crippen LogP contribution in [-0.4, -0.2) is 30.3 Å². The first-order chi connectivity index (χ1) is 10.1. The Morgan fingerprint density at radius 1 is 1.33 bits per heavy atom. The topological polar surface area (TPSA) is 60.2 Å². The van der Waals surface area contributed by atoms with Crippen molar-refractivity contribution in [2.75, 3.05) is 20.2 Å². The summed E-state index contributed by atoms with van der Waals surface area (Å²) in [7, 11) is 1.64. The second kappa shape index (κ2) is 5.77. The number of ether oxygens (including phenoxy) is 1. The van der Waals surface area contributed by atoms with Crippen molar-refractivity contribution in [1.29, 1.82) is 0 Å². The van der Waals surface area contributed by atoms with Crippen LogP contribution in [0, 0.1) is 0 Å². The van der Waals surface area contributed by atoms with Crippen molar-refractivity contribution < 1.29 is 9.26 Å². The molecular weight excluding hydrogens is 334 g/mol. The summed E-state index contributed by atoms with van der Waals surface area (Å²) < 4.78 is 11.6. The van der Waals surface area contributed by atoms with E-state index in [4.69, 9.17) is 9.26 Å². The molecule has 1 aromatic heterocycles. The van der Waals surface area contributed by atoms with E-state index in [1.807, 2.05) is 18.2 Å². The molecule has 0 atom stereocenters. The van der Waals surface area contributed by atoms with Gasteiger partial charge in [0.25, 0.3) is 0 Å². The van der Waals surface area contributed by atoms with E-state index < -0.39 is 0 Å². The minimum Gasteiger partial charge on any atom is -0.496 e. The lowest BCUT2D eigenvalue weighted by molar-refractivity contribution is 0.241. The average molecular weight is 352 g/mol. The third kappa shape index (κ3) is 2.82. The SMILES string of the molecule is COc1ccc(-c2noc(C3(C)CCNCC3)n2)cc1Br. The van der Waals surface area contributed by atoms with Gasteiger partial charge in [-0.25, -0.2) is 0 Å². The Balaban J connectivity index is 1.89. The van der Waals surface area contributed by atoms with Gasteiger partial charge < -0.3 is 14.6 Å². The van der Waals surface area contributed by atoms with Gasteiger partial charge in [0.1, 0.15) is 5.75 Å². The minimum atomic E-state index is -0.0276. The molecule has 0 amide bonds. The molecule has 21 heavy (non-hydrogen) atoms. The normalized spacial score (nSPS) is 17.7. The van der Waals surface area contributed by atoms with E-state index in [-0.39, 0.29) is 5.41 Å². The molecule has 0 radical (unpaired) electrons. The van der Waals surface area contributed by atoms with Crippen LogP contribution in [0.25, 0.3) is 11.4 Å². The van der Waals surface area contributed by atoms with E-state index in [0.717, 1.165) is 47.6 Å². The molecule has 112 valence electrons. The Labute approximate surface area is 132 Å². The lowest BCUT2D eigenvalue weighted by atomic mass is 9.81. The summed E-state index contributed by atoms with van der Waals surface area (Å²) in [5.41, 5.74) is 0.885. The van der Waals surface area contributed by atoms with Crippen LogP contribution in [0.5, 0.6) is 5.75 Å². The zero-order valence-electron chi connectivity index (χ0n) is 12.1. The molecule has 0 saturated carbocycles. The van der Waals surface area contributed by atoms with Gasteiger partial charge in [-0.3, -0.25) is 0 Å². The lowest BCUT2D eigenvalue weighted by Crippen LogP contribution is -2.37. The van der Waals surface area contributed by atoms with Crippen molar-refractivity contribution in [3.05, 3.63) is 28.6 Å². The quantitative estimate of drug-likeness (QED) is 0.920. The molecule has 1 N–H and O–H groups in total. The Morgan fingerprint density at radius 3 is 2.76 bits per heavy atom. The van der Waals surface area contributed by atoms with Crippen molar-refractivity contribution >= 4 is 15.9 Å². The van der Waals surface area contributed by atoms with E-state index in [0.29, 0.717) is 5.82 Å². The number of benzene rings is 1. The maximum absolute atomic E-state index is 5.52. The van der Waals surface area contributed by atoms with Gasteiger partial charge in [-0.1, -0.05) is 12.1 Å². The van der Waals surface area contributed by atoms with E-state index in [2.05, 4.69) is 38.3 Å². The van der Waals surface area contributed by atoms with Gasteiger partial charge in [-0.2, -0.15) is 4.98 Å². The highest BCUT2D eigenvalue weighted by atomic mass is 79.9. The molecule has 2 aromatic rings. The highest BCUT2D eigenvalue weighted by Crippen LogP contribution is 2.34. The molecule has 0 aliphatic carbocycles. The third-order valence-corrected chi connectivity index (χ3v) is 4.68. The molecule has 1 saturated heterocycles. The van der Waals surface area contributed by atoms with Crippen LogP contribution in [0.3, 0.4) is 0 Å². The van der Waals surface area contributed by atoms with E-state index in [1.54, 1.807) is 7.11 Å². The van der Waals surface area contributed by atoms with E-state index >= 15 is 0 Å². The van der Waals surface area contributed by atoms with Gasteiger partial charge >= 0.3 is 0 Å². The van der Waals surface area contributed by atoms with Crippen molar-refractivity contribution in [2.45, 2.75) is 25.2 Å². The van der Waals surface area contributed by atoms with Crippen molar-refractivity contribution in [2.24, 2.45) is 0 Å². The molecule has 1 aliphatic rings. The van der Waals surface area contributed by atoms with Crippen LogP contribution < -0.4 is 10.1 Å². The number of hydrogen-bond donors (Lipinski definition) is 1.